The number of benzene rings is 6. The maximum absolute atomic E-state index is 2.42. The first-order valence-corrected chi connectivity index (χ1v) is 11.4. The van der Waals surface area contributed by atoms with Crippen LogP contribution in [0.1, 0.15) is 0 Å². The Morgan fingerprint density at radius 3 is 1.52 bits per heavy atom. The lowest BCUT2D eigenvalue weighted by Crippen LogP contribution is -2.14. The van der Waals surface area contributed by atoms with Crippen molar-refractivity contribution in [2.24, 2.45) is 0 Å². The average molecular weight is 420 g/mol. The molecule has 0 saturated carbocycles. The van der Waals surface area contributed by atoms with E-state index in [-0.39, 0.29) is 0 Å². The number of hydrogen-bond acceptors (Lipinski definition) is 1. The topological polar surface area (TPSA) is 3.24 Å². The van der Waals surface area contributed by atoms with E-state index < -0.39 is 0 Å². The van der Waals surface area contributed by atoms with Crippen LogP contribution in [0.25, 0.3) is 43.8 Å². The second-order valence-corrected chi connectivity index (χ2v) is 8.62. The van der Waals surface area contributed by atoms with Crippen molar-refractivity contribution < 1.29 is 0 Å². The van der Waals surface area contributed by atoms with Crippen molar-refractivity contribution in [1.29, 1.82) is 0 Å². The van der Waals surface area contributed by atoms with Gasteiger partial charge in [0.2, 0.25) is 0 Å². The molecule has 0 fully saturated rings. The molecule has 0 amide bonds. The van der Waals surface area contributed by atoms with E-state index in [2.05, 4.69) is 132 Å². The molecule has 0 aliphatic heterocycles. The van der Waals surface area contributed by atoms with E-state index in [0.29, 0.717) is 0 Å². The zero-order valence-corrected chi connectivity index (χ0v) is 18.1. The second-order valence-electron chi connectivity index (χ2n) is 8.62. The molecule has 1 aliphatic rings. The van der Waals surface area contributed by atoms with E-state index in [1.165, 1.54) is 49.5 Å². The predicted molar refractivity (Wildman–Crippen MR) is 141 cm³/mol. The predicted octanol–water partition coefficient (Wildman–Crippen LogP) is 9.11. The van der Waals surface area contributed by atoms with Crippen LogP contribution in [0.5, 0.6) is 0 Å². The highest BCUT2D eigenvalue weighted by Crippen LogP contribution is 2.57. The van der Waals surface area contributed by atoms with Crippen molar-refractivity contribution in [3.63, 3.8) is 0 Å². The average Bonchev–Trinajstić information content (AvgIpc) is 2.88. The van der Waals surface area contributed by atoms with Crippen LogP contribution < -0.4 is 4.90 Å². The lowest BCUT2D eigenvalue weighted by atomic mass is 9.76. The summed E-state index contributed by atoms with van der Waals surface area (Å²) in [4.78, 5) is 2.42. The van der Waals surface area contributed by atoms with Gasteiger partial charge < -0.3 is 4.90 Å². The van der Waals surface area contributed by atoms with Crippen LogP contribution in [0.15, 0.2) is 127 Å². The highest BCUT2D eigenvalue weighted by atomic mass is 15.1. The lowest BCUT2D eigenvalue weighted by Gasteiger charge is -2.35. The Labute approximate surface area is 193 Å². The van der Waals surface area contributed by atoms with E-state index >= 15 is 0 Å². The third-order valence-corrected chi connectivity index (χ3v) is 6.72. The minimum Gasteiger partial charge on any atom is -0.309 e. The number of anilines is 3. The molecule has 6 aromatic rings. The highest BCUT2D eigenvalue weighted by molar-refractivity contribution is 6.20. The van der Waals surface area contributed by atoms with Gasteiger partial charge >= 0.3 is 0 Å². The van der Waals surface area contributed by atoms with Crippen molar-refractivity contribution in [1.82, 2.24) is 0 Å². The summed E-state index contributed by atoms with van der Waals surface area (Å²) in [5, 5.41) is 5.11. The SMILES string of the molecule is c1ccc(N(c2ccccc2)c2c3c(cc4ccccc24)-c2cc4ccccc4cc2-3)cc1. The number of hydrogen-bond donors (Lipinski definition) is 0. The molecule has 1 aliphatic carbocycles. The largest absolute Gasteiger partial charge is 0.309 e. The minimum atomic E-state index is 1.16. The summed E-state index contributed by atoms with van der Waals surface area (Å²) in [6.07, 6.45) is 0. The first kappa shape index (κ1) is 18.2. The van der Waals surface area contributed by atoms with E-state index in [1.807, 2.05) is 0 Å². The van der Waals surface area contributed by atoms with Crippen LogP contribution >= 0.6 is 0 Å². The van der Waals surface area contributed by atoms with Gasteiger partial charge in [-0.25, -0.2) is 0 Å². The minimum absolute atomic E-state index is 1.16. The zero-order chi connectivity index (χ0) is 21.8. The number of nitrogens with zero attached hydrogens (tertiary/aromatic N) is 1. The van der Waals surface area contributed by atoms with Gasteiger partial charge in [-0.05, 0) is 75.3 Å². The smallest absolute Gasteiger partial charge is 0.0624 e. The Kier molecular flexibility index (Phi) is 3.91. The van der Waals surface area contributed by atoms with Gasteiger partial charge in [-0.15, -0.1) is 0 Å². The fourth-order valence-electron chi connectivity index (χ4n) is 5.21. The van der Waals surface area contributed by atoms with Crippen LogP contribution in [0, 0.1) is 0 Å². The molecule has 0 bridgehead atoms. The van der Waals surface area contributed by atoms with Gasteiger partial charge in [0.15, 0.2) is 0 Å². The molecule has 1 nitrogen and oxygen atoms in total. The second kappa shape index (κ2) is 7.08. The summed E-state index contributed by atoms with van der Waals surface area (Å²) in [5.41, 5.74) is 8.93. The fraction of sp³-hybridized carbons (Fsp3) is 0. The monoisotopic (exact) mass is 419 g/mol. The van der Waals surface area contributed by atoms with Crippen LogP contribution in [-0.2, 0) is 0 Å². The number of rotatable bonds is 3. The van der Waals surface area contributed by atoms with Gasteiger partial charge in [0, 0.05) is 22.3 Å². The molecule has 0 spiro atoms. The van der Waals surface area contributed by atoms with Gasteiger partial charge in [0.05, 0.1) is 5.69 Å². The van der Waals surface area contributed by atoms with E-state index in [4.69, 9.17) is 0 Å². The molecule has 0 atom stereocenters. The zero-order valence-electron chi connectivity index (χ0n) is 18.1. The fourth-order valence-corrected chi connectivity index (χ4v) is 5.21. The molecule has 0 heterocycles. The van der Waals surface area contributed by atoms with Gasteiger partial charge in [-0.1, -0.05) is 84.9 Å². The Morgan fingerprint density at radius 1 is 0.394 bits per heavy atom. The van der Waals surface area contributed by atoms with Crippen LogP contribution in [-0.4, -0.2) is 0 Å². The third kappa shape index (κ3) is 2.73. The third-order valence-electron chi connectivity index (χ3n) is 6.72. The molecule has 0 unspecified atom stereocenters. The van der Waals surface area contributed by atoms with Gasteiger partial charge in [-0.3, -0.25) is 0 Å². The molecule has 1 heteroatoms. The molecule has 154 valence electrons. The molecule has 0 N–H and O–H groups in total. The molecule has 0 aromatic heterocycles. The van der Waals surface area contributed by atoms with E-state index in [9.17, 15) is 0 Å². The maximum atomic E-state index is 2.42. The van der Waals surface area contributed by atoms with Gasteiger partial charge in [0.25, 0.3) is 0 Å². The highest BCUT2D eigenvalue weighted by Gasteiger charge is 2.31. The van der Waals surface area contributed by atoms with Crippen molar-refractivity contribution in [3.8, 4) is 22.3 Å². The summed E-state index contributed by atoms with van der Waals surface area (Å²) < 4.78 is 0. The molecule has 0 radical (unpaired) electrons. The molecular weight excluding hydrogens is 398 g/mol. The summed E-state index contributed by atoms with van der Waals surface area (Å²) in [5.74, 6) is 0. The summed E-state index contributed by atoms with van der Waals surface area (Å²) >= 11 is 0. The van der Waals surface area contributed by atoms with Gasteiger partial charge in [-0.2, -0.15) is 0 Å². The Balaban J connectivity index is 1.59. The number of fused-ring (bicyclic) bond motifs is 6. The Bertz CT molecular complexity index is 1610. The molecular formula is C32H21N. The standard InChI is InChI=1S/C32H21N/c1-3-14-25(15-4-1)33(26-16-5-2-6-17-26)32-27-18-10-9-13-24(27)21-30-28-19-22-11-7-8-12-23(22)20-29(28)31(30)32/h1-21H. The van der Waals surface area contributed by atoms with Crippen LogP contribution in [0.3, 0.4) is 0 Å². The maximum Gasteiger partial charge on any atom is 0.0624 e. The van der Waals surface area contributed by atoms with Crippen LogP contribution in [0.2, 0.25) is 0 Å². The summed E-state index contributed by atoms with van der Waals surface area (Å²) in [6, 6.07) is 45.9. The summed E-state index contributed by atoms with van der Waals surface area (Å²) in [7, 11) is 0. The first-order valence-electron chi connectivity index (χ1n) is 11.4. The Hall–Kier alpha value is -4.36. The quantitative estimate of drug-likeness (QED) is 0.276. The van der Waals surface area contributed by atoms with Crippen molar-refractivity contribution in [2.75, 3.05) is 4.90 Å². The first-order chi connectivity index (χ1) is 16.4. The van der Waals surface area contributed by atoms with E-state index in [0.717, 1.165) is 11.4 Å². The van der Waals surface area contributed by atoms with Crippen LogP contribution in [0.4, 0.5) is 17.1 Å². The lowest BCUT2D eigenvalue weighted by molar-refractivity contribution is 1.29. The Morgan fingerprint density at radius 2 is 0.879 bits per heavy atom. The molecule has 33 heavy (non-hydrogen) atoms. The van der Waals surface area contributed by atoms with Crippen molar-refractivity contribution in [3.05, 3.63) is 127 Å². The van der Waals surface area contributed by atoms with Crippen molar-refractivity contribution >= 4 is 38.6 Å². The normalized spacial score (nSPS) is 11.6. The van der Waals surface area contributed by atoms with Crippen molar-refractivity contribution in [2.45, 2.75) is 0 Å². The molecule has 0 saturated heterocycles. The summed E-state index contributed by atoms with van der Waals surface area (Å²) in [6.45, 7) is 0. The molecule has 6 aromatic carbocycles. The van der Waals surface area contributed by atoms with Gasteiger partial charge in [0.1, 0.15) is 0 Å². The van der Waals surface area contributed by atoms with E-state index in [1.54, 1.807) is 0 Å². The number of para-hydroxylation sites is 2. The molecule has 7 rings (SSSR count).